The van der Waals surface area contributed by atoms with E-state index in [2.05, 4.69) is 17.9 Å². The Morgan fingerprint density at radius 1 is 1.00 bits per heavy atom. The summed E-state index contributed by atoms with van der Waals surface area (Å²) in [5.74, 6) is 2.46. The van der Waals surface area contributed by atoms with Crippen LogP contribution >= 0.6 is 0 Å². The molecule has 2 aliphatic rings. The van der Waals surface area contributed by atoms with Gasteiger partial charge in [0.2, 0.25) is 6.79 Å². The van der Waals surface area contributed by atoms with Gasteiger partial charge in [0.25, 0.3) is 5.91 Å². The Hall–Kier alpha value is -2.77. The van der Waals surface area contributed by atoms with E-state index in [1.807, 2.05) is 42.2 Å². The molecule has 172 valence electrons. The van der Waals surface area contributed by atoms with E-state index in [0.717, 1.165) is 48.9 Å². The van der Waals surface area contributed by atoms with Crippen LogP contribution in [0.25, 0.3) is 0 Å². The van der Waals surface area contributed by atoms with Crippen LogP contribution < -0.4 is 14.2 Å². The first-order valence-electron chi connectivity index (χ1n) is 11.4. The summed E-state index contributed by atoms with van der Waals surface area (Å²) < 4.78 is 22.3. The van der Waals surface area contributed by atoms with Crippen LogP contribution in [0, 0.1) is 0 Å². The molecule has 7 heteroatoms. The summed E-state index contributed by atoms with van der Waals surface area (Å²) in [6.45, 7) is 9.97. The van der Waals surface area contributed by atoms with E-state index in [9.17, 15) is 4.79 Å². The minimum Gasteiger partial charge on any atom is -0.494 e. The molecule has 1 fully saturated rings. The van der Waals surface area contributed by atoms with Crippen molar-refractivity contribution in [3.8, 4) is 17.2 Å². The molecule has 0 N–H and O–H groups in total. The fourth-order valence-electron chi connectivity index (χ4n) is 4.04. The van der Waals surface area contributed by atoms with Gasteiger partial charge in [-0.15, -0.1) is 0 Å². The van der Waals surface area contributed by atoms with E-state index in [-0.39, 0.29) is 12.7 Å². The van der Waals surface area contributed by atoms with E-state index in [1.165, 1.54) is 5.56 Å². The molecule has 2 aliphatic heterocycles. The lowest BCUT2D eigenvalue weighted by Gasteiger charge is -2.35. The van der Waals surface area contributed by atoms with E-state index in [0.29, 0.717) is 38.5 Å². The van der Waals surface area contributed by atoms with Gasteiger partial charge in [0.05, 0.1) is 13.2 Å². The maximum Gasteiger partial charge on any atom is 0.253 e. The Balaban J connectivity index is 1.34. The Bertz CT molecular complexity index is 925. The number of fused-ring (bicyclic) bond motifs is 1. The highest BCUT2D eigenvalue weighted by molar-refractivity contribution is 5.94. The topological polar surface area (TPSA) is 60.5 Å². The molecule has 2 aromatic rings. The smallest absolute Gasteiger partial charge is 0.253 e. The first-order chi connectivity index (χ1) is 15.7. The number of amides is 1. The third kappa shape index (κ3) is 5.34. The lowest BCUT2D eigenvalue weighted by Crippen LogP contribution is -2.48. The number of carbonyl (C=O) groups is 1. The SMILES string of the molecule is CCCOCc1cc(C(=O)N2CCN(Cc3ccc4c(c3)OCO4)CC2)ccc1OCC. The van der Waals surface area contributed by atoms with E-state index in [4.69, 9.17) is 18.9 Å². The monoisotopic (exact) mass is 440 g/mol. The molecule has 0 aliphatic carbocycles. The summed E-state index contributed by atoms with van der Waals surface area (Å²) in [5, 5.41) is 0. The summed E-state index contributed by atoms with van der Waals surface area (Å²) in [4.78, 5) is 17.4. The lowest BCUT2D eigenvalue weighted by molar-refractivity contribution is 0.0628. The van der Waals surface area contributed by atoms with Gasteiger partial charge in [-0.25, -0.2) is 0 Å². The Morgan fingerprint density at radius 3 is 2.59 bits per heavy atom. The molecule has 0 aromatic heterocycles. The number of benzene rings is 2. The third-order valence-corrected chi connectivity index (χ3v) is 5.72. The standard InChI is InChI=1S/C25H32N2O5/c1-3-13-29-17-21-15-20(6-8-22(21)30-4-2)25(28)27-11-9-26(10-12-27)16-19-5-7-23-24(14-19)32-18-31-23/h5-8,14-15H,3-4,9-13,16-18H2,1-2H3. The number of piperazine rings is 1. The second kappa shape index (κ2) is 10.7. The molecule has 0 saturated carbocycles. The molecule has 0 bridgehead atoms. The average Bonchev–Trinajstić information content (AvgIpc) is 3.28. The van der Waals surface area contributed by atoms with Crippen LogP contribution in [-0.2, 0) is 17.9 Å². The van der Waals surface area contributed by atoms with Crippen LogP contribution in [0.4, 0.5) is 0 Å². The molecular weight excluding hydrogens is 408 g/mol. The Kier molecular flexibility index (Phi) is 7.50. The highest BCUT2D eigenvalue weighted by Gasteiger charge is 2.23. The van der Waals surface area contributed by atoms with Crippen molar-refractivity contribution in [3.63, 3.8) is 0 Å². The van der Waals surface area contributed by atoms with Crippen LogP contribution in [-0.4, -0.2) is 61.9 Å². The average molecular weight is 441 g/mol. The van der Waals surface area contributed by atoms with Crippen LogP contribution in [0.2, 0.25) is 0 Å². The van der Waals surface area contributed by atoms with Gasteiger partial charge >= 0.3 is 0 Å². The van der Waals surface area contributed by atoms with Gasteiger partial charge in [0.15, 0.2) is 11.5 Å². The van der Waals surface area contributed by atoms with Crippen LogP contribution in [0.3, 0.4) is 0 Å². The van der Waals surface area contributed by atoms with E-state index in [1.54, 1.807) is 0 Å². The summed E-state index contributed by atoms with van der Waals surface area (Å²) >= 11 is 0. The maximum absolute atomic E-state index is 13.1. The fraction of sp³-hybridized carbons (Fsp3) is 0.480. The largest absolute Gasteiger partial charge is 0.494 e. The molecule has 2 aromatic carbocycles. The van der Waals surface area contributed by atoms with E-state index < -0.39 is 0 Å². The number of nitrogens with zero attached hydrogens (tertiary/aromatic N) is 2. The van der Waals surface area contributed by atoms with Crippen molar-refractivity contribution in [1.82, 2.24) is 9.80 Å². The van der Waals surface area contributed by atoms with Crippen molar-refractivity contribution >= 4 is 5.91 Å². The molecule has 0 unspecified atom stereocenters. The minimum atomic E-state index is 0.0625. The predicted molar refractivity (Wildman–Crippen MR) is 121 cm³/mol. The van der Waals surface area contributed by atoms with Gasteiger partial charge in [-0.2, -0.15) is 0 Å². The number of ether oxygens (including phenoxy) is 4. The first-order valence-corrected chi connectivity index (χ1v) is 11.4. The molecule has 7 nitrogen and oxygen atoms in total. The van der Waals surface area contributed by atoms with Gasteiger partial charge in [-0.05, 0) is 49.2 Å². The molecule has 1 saturated heterocycles. The summed E-state index contributed by atoms with van der Waals surface area (Å²) in [6, 6.07) is 11.7. The van der Waals surface area contributed by atoms with Gasteiger partial charge in [-0.3, -0.25) is 9.69 Å². The normalized spacial score (nSPS) is 15.8. The molecule has 2 heterocycles. The number of carbonyl (C=O) groups excluding carboxylic acids is 1. The highest BCUT2D eigenvalue weighted by Crippen LogP contribution is 2.33. The van der Waals surface area contributed by atoms with Crippen molar-refractivity contribution in [2.24, 2.45) is 0 Å². The van der Waals surface area contributed by atoms with Gasteiger partial charge in [0.1, 0.15) is 5.75 Å². The zero-order chi connectivity index (χ0) is 22.3. The minimum absolute atomic E-state index is 0.0625. The molecule has 1 amide bonds. The number of hydrogen-bond acceptors (Lipinski definition) is 6. The van der Waals surface area contributed by atoms with Crippen molar-refractivity contribution in [1.29, 1.82) is 0 Å². The van der Waals surface area contributed by atoms with Gasteiger partial charge in [-0.1, -0.05) is 13.0 Å². The quantitative estimate of drug-likeness (QED) is 0.554. The summed E-state index contributed by atoms with van der Waals surface area (Å²) in [7, 11) is 0. The summed E-state index contributed by atoms with van der Waals surface area (Å²) in [6.07, 6.45) is 0.957. The molecular formula is C25H32N2O5. The molecule has 0 atom stereocenters. The highest BCUT2D eigenvalue weighted by atomic mass is 16.7. The van der Waals surface area contributed by atoms with Gasteiger partial charge in [0, 0.05) is 50.5 Å². The second-order valence-electron chi connectivity index (χ2n) is 8.06. The van der Waals surface area contributed by atoms with Crippen LogP contribution in [0.1, 0.15) is 41.8 Å². The fourth-order valence-corrected chi connectivity index (χ4v) is 4.04. The molecule has 4 rings (SSSR count). The van der Waals surface area contributed by atoms with E-state index >= 15 is 0 Å². The van der Waals surface area contributed by atoms with Crippen LogP contribution in [0.5, 0.6) is 17.2 Å². The Morgan fingerprint density at radius 2 is 1.81 bits per heavy atom. The van der Waals surface area contributed by atoms with Gasteiger partial charge < -0.3 is 23.8 Å². The maximum atomic E-state index is 13.1. The van der Waals surface area contributed by atoms with Crippen molar-refractivity contribution in [2.75, 3.05) is 46.2 Å². The summed E-state index contributed by atoms with van der Waals surface area (Å²) in [5.41, 5.74) is 2.80. The second-order valence-corrected chi connectivity index (χ2v) is 8.06. The number of rotatable bonds is 9. The predicted octanol–water partition coefficient (Wildman–Crippen LogP) is 3.70. The number of hydrogen-bond donors (Lipinski definition) is 0. The molecule has 0 spiro atoms. The zero-order valence-electron chi connectivity index (χ0n) is 19.0. The van der Waals surface area contributed by atoms with Crippen molar-refractivity contribution in [2.45, 2.75) is 33.4 Å². The molecule has 0 radical (unpaired) electrons. The Labute approximate surface area is 189 Å². The van der Waals surface area contributed by atoms with Crippen LogP contribution in [0.15, 0.2) is 36.4 Å². The van der Waals surface area contributed by atoms with Crippen molar-refractivity contribution < 1.29 is 23.7 Å². The lowest BCUT2D eigenvalue weighted by atomic mass is 10.1. The van der Waals surface area contributed by atoms with Crippen molar-refractivity contribution in [3.05, 3.63) is 53.1 Å². The molecule has 32 heavy (non-hydrogen) atoms. The first kappa shape index (κ1) is 22.4. The zero-order valence-corrected chi connectivity index (χ0v) is 19.0. The third-order valence-electron chi connectivity index (χ3n) is 5.72.